The quantitative estimate of drug-likeness (QED) is 0.662. The highest BCUT2D eigenvalue weighted by Gasteiger charge is 2.48. The van der Waals surface area contributed by atoms with Gasteiger partial charge in [-0.25, -0.2) is 4.79 Å². The van der Waals surface area contributed by atoms with Gasteiger partial charge in [-0.3, -0.25) is 14.5 Å². The first-order chi connectivity index (χ1) is 14.7. The number of benzene rings is 2. The van der Waals surface area contributed by atoms with Crippen LogP contribution < -0.4 is 10.1 Å². The fourth-order valence-electron chi connectivity index (χ4n) is 3.63. The first-order valence-electron chi connectivity index (χ1n) is 10.3. The number of hydrogen-bond acceptors (Lipinski definition) is 4. The van der Waals surface area contributed by atoms with E-state index < -0.39 is 11.6 Å². The highest BCUT2D eigenvalue weighted by atomic mass is 16.5. The van der Waals surface area contributed by atoms with E-state index in [1.165, 1.54) is 4.90 Å². The topological polar surface area (TPSA) is 79.0 Å². The molecule has 164 valence electrons. The summed E-state index contributed by atoms with van der Waals surface area (Å²) < 4.78 is 5.16. The van der Waals surface area contributed by atoms with Gasteiger partial charge in [-0.1, -0.05) is 36.4 Å². The van der Waals surface area contributed by atoms with Crippen molar-refractivity contribution in [3.63, 3.8) is 0 Å². The molecule has 1 atom stereocenters. The second-order valence-electron chi connectivity index (χ2n) is 8.18. The van der Waals surface area contributed by atoms with Crippen molar-refractivity contribution in [2.24, 2.45) is 0 Å². The third-order valence-electron chi connectivity index (χ3n) is 5.81. The van der Waals surface area contributed by atoms with Gasteiger partial charge in [0.1, 0.15) is 17.8 Å². The second-order valence-corrected chi connectivity index (χ2v) is 8.18. The van der Waals surface area contributed by atoms with E-state index in [1.807, 2.05) is 55.5 Å². The molecular weight excluding hydrogens is 394 g/mol. The van der Waals surface area contributed by atoms with Crippen molar-refractivity contribution >= 4 is 17.8 Å². The molecule has 2 aromatic rings. The molecular formula is C24H29N3O4. The average Bonchev–Trinajstić information content (AvgIpc) is 2.97. The summed E-state index contributed by atoms with van der Waals surface area (Å²) >= 11 is 0. The molecule has 1 fully saturated rings. The number of carbonyl (C=O) groups is 3. The van der Waals surface area contributed by atoms with Crippen molar-refractivity contribution in [3.05, 3.63) is 65.2 Å². The van der Waals surface area contributed by atoms with Crippen LogP contribution in [0.1, 0.15) is 30.0 Å². The van der Waals surface area contributed by atoms with Gasteiger partial charge in [-0.2, -0.15) is 0 Å². The normalized spacial score (nSPS) is 18.1. The molecule has 0 radical (unpaired) electrons. The largest absolute Gasteiger partial charge is 0.497 e. The molecule has 0 aliphatic carbocycles. The van der Waals surface area contributed by atoms with Gasteiger partial charge in [0, 0.05) is 13.6 Å². The molecule has 2 aromatic carbocycles. The zero-order valence-corrected chi connectivity index (χ0v) is 18.5. The SMILES string of the molecule is COc1ccc(CC[C@]2(C)NC(=O)N(CC(=O)N(C)Cc3ccccc3C)C2=O)cc1. The molecule has 7 nitrogen and oxygen atoms in total. The number of imide groups is 1. The molecule has 4 amide bonds. The Morgan fingerprint density at radius 2 is 1.81 bits per heavy atom. The van der Waals surface area contributed by atoms with Crippen molar-refractivity contribution in [1.29, 1.82) is 0 Å². The maximum Gasteiger partial charge on any atom is 0.325 e. The predicted molar refractivity (Wildman–Crippen MR) is 118 cm³/mol. The summed E-state index contributed by atoms with van der Waals surface area (Å²) in [4.78, 5) is 40.7. The minimum absolute atomic E-state index is 0.273. The molecule has 0 aromatic heterocycles. The number of urea groups is 1. The van der Waals surface area contributed by atoms with Gasteiger partial charge >= 0.3 is 6.03 Å². The monoisotopic (exact) mass is 423 g/mol. The predicted octanol–water partition coefficient (Wildman–Crippen LogP) is 2.91. The molecule has 1 heterocycles. The Morgan fingerprint density at radius 1 is 1.13 bits per heavy atom. The third-order valence-corrected chi connectivity index (χ3v) is 5.81. The molecule has 0 saturated carbocycles. The lowest BCUT2D eigenvalue weighted by Crippen LogP contribution is -2.45. The molecule has 1 aliphatic heterocycles. The van der Waals surface area contributed by atoms with E-state index in [4.69, 9.17) is 4.74 Å². The van der Waals surface area contributed by atoms with Crippen molar-refractivity contribution in [2.75, 3.05) is 20.7 Å². The smallest absolute Gasteiger partial charge is 0.325 e. The van der Waals surface area contributed by atoms with Gasteiger partial charge in [0.25, 0.3) is 5.91 Å². The fraction of sp³-hybridized carbons (Fsp3) is 0.375. The standard InChI is InChI=1S/C24H29N3O4/c1-17-7-5-6-8-19(17)15-26(3)21(28)16-27-22(29)24(2,25-23(27)30)14-13-18-9-11-20(31-4)12-10-18/h5-12H,13-16H2,1-4H3,(H,25,30)/t24-/m0/s1. The second kappa shape index (κ2) is 9.20. The van der Waals surface area contributed by atoms with Crippen LogP contribution >= 0.6 is 0 Å². The van der Waals surface area contributed by atoms with Crippen LogP contribution in [0.3, 0.4) is 0 Å². The minimum atomic E-state index is -1.04. The lowest BCUT2D eigenvalue weighted by Gasteiger charge is -2.23. The van der Waals surface area contributed by atoms with Gasteiger partial charge in [0.15, 0.2) is 0 Å². The molecule has 1 N–H and O–H groups in total. The maximum atomic E-state index is 13.0. The molecule has 7 heteroatoms. The van der Waals surface area contributed by atoms with E-state index in [1.54, 1.807) is 21.1 Å². The van der Waals surface area contributed by atoms with Gasteiger partial charge in [-0.05, 0) is 55.5 Å². The first-order valence-corrected chi connectivity index (χ1v) is 10.3. The van der Waals surface area contributed by atoms with Gasteiger partial charge in [0.05, 0.1) is 7.11 Å². The molecule has 1 saturated heterocycles. The van der Waals surface area contributed by atoms with Crippen LogP contribution in [0.2, 0.25) is 0 Å². The Morgan fingerprint density at radius 3 is 2.45 bits per heavy atom. The third kappa shape index (κ3) is 5.05. The Bertz CT molecular complexity index is 973. The van der Waals surface area contributed by atoms with Crippen molar-refractivity contribution < 1.29 is 19.1 Å². The van der Waals surface area contributed by atoms with Gasteiger partial charge < -0.3 is 15.0 Å². The Hall–Kier alpha value is -3.35. The molecule has 0 bridgehead atoms. The number of ether oxygens (including phenoxy) is 1. The van der Waals surface area contributed by atoms with Crippen LogP contribution in [0.15, 0.2) is 48.5 Å². The average molecular weight is 424 g/mol. The highest BCUT2D eigenvalue weighted by Crippen LogP contribution is 2.24. The number of hydrogen-bond donors (Lipinski definition) is 1. The Kier molecular flexibility index (Phi) is 6.63. The highest BCUT2D eigenvalue weighted by molar-refractivity contribution is 6.08. The van der Waals surface area contributed by atoms with Crippen molar-refractivity contribution in [3.8, 4) is 5.75 Å². The summed E-state index contributed by atoms with van der Waals surface area (Å²) in [6, 6.07) is 14.9. The number of aryl methyl sites for hydroxylation is 2. The maximum absolute atomic E-state index is 13.0. The number of rotatable bonds is 8. The van der Waals surface area contributed by atoms with Gasteiger partial charge in [-0.15, -0.1) is 0 Å². The summed E-state index contributed by atoms with van der Waals surface area (Å²) in [6.07, 6.45) is 1.05. The van der Waals surface area contributed by atoms with Crippen LogP contribution in [0.4, 0.5) is 4.79 Å². The summed E-state index contributed by atoms with van der Waals surface area (Å²) in [5.74, 6) is 0.106. The van der Waals surface area contributed by atoms with Crippen molar-refractivity contribution in [2.45, 2.75) is 38.8 Å². The van der Waals surface area contributed by atoms with E-state index in [0.717, 1.165) is 27.3 Å². The fourth-order valence-corrected chi connectivity index (χ4v) is 3.63. The van der Waals surface area contributed by atoms with Gasteiger partial charge in [0.2, 0.25) is 5.91 Å². The number of amides is 4. The first kappa shape index (κ1) is 22.3. The van der Waals surface area contributed by atoms with Crippen LogP contribution in [0.25, 0.3) is 0 Å². The number of carbonyl (C=O) groups excluding carboxylic acids is 3. The van der Waals surface area contributed by atoms with Crippen LogP contribution in [-0.2, 0) is 22.6 Å². The lowest BCUT2D eigenvalue weighted by molar-refractivity contribution is -0.138. The van der Waals surface area contributed by atoms with E-state index in [9.17, 15) is 14.4 Å². The van der Waals surface area contributed by atoms with E-state index in [-0.39, 0.29) is 18.4 Å². The molecule has 0 spiro atoms. The number of nitrogens with zero attached hydrogens (tertiary/aromatic N) is 2. The molecule has 0 unspecified atom stereocenters. The van der Waals surface area contributed by atoms with Crippen molar-refractivity contribution in [1.82, 2.24) is 15.1 Å². The van der Waals surface area contributed by atoms with Crippen LogP contribution in [-0.4, -0.2) is 53.9 Å². The van der Waals surface area contributed by atoms with Crippen LogP contribution in [0.5, 0.6) is 5.75 Å². The van der Waals surface area contributed by atoms with E-state index in [2.05, 4.69) is 5.32 Å². The molecule has 31 heavy (non-hydrogen) atoms. The molecule has 1 aliphatic rings. The zero-order chi connectivity index (χ0) is 22.6. The Balaban J connectivity index is 1.60. The van der Waals surface area contributed by atoms with E-state index >= 15 is 0 Å². The summed E-state index contributed by atoms with van der Waals surface area (Å²) in [5, 5.41) is 2.77. The lowest BCUT2D eigenvalue weighted by atomic mass is 9.93. The molecule has 3 rings (SSSR count). The summed E-state index contributed by atoms with van der Waals surface area (Å²) in [6.45, 7) is 3.84. The zero-order valence-electron chi connectivity index (χ0n) is 18.5. The minimum Gasteiger partial charge on any atom is -0.497 e. The van der Waals surface area contributed by atoms with E-state index in [0.29, 0.717) is 19.4 Å². The Labute approximate surface area is 183 Å². The number of methoxy groups -OCH3 is 1. The number of likely N-dealkylation sites (N-methyl/N-ethyl adjacent to an activating group) is 1. The number of nitrogens with one attached hydrogen (secondary N) is 1. The van der Waals surface area contributed by atoms with Crippen LogP contribution in [0, 0.1) is 6.92 Å². The summed E-state index contributed by atoms with van der Waals surface area (Å²) in [5.41, 5.74) is 2.12. The summed E-state index contributed by atoms with van der Waals surface area (Å²) in [7, 11) is 3.28.